The fourth-order valence-corrected chi connectivity index (χ4v) is 2.17. The third-order valence-electron chi connectivity index (χ3n) is 3.23. The molecular formula is C15H21BrN2O3. The normalized spacial score (nSPS) is 13.3. The third kappa shape index (κ3) is 6.16. The number of amides is 2. The molecule has 0 bridgehead atoms. The monoisotopic (exact) mass is 356 g/mol. The maximum Gasteiger partial charge on any atom is 0.240 e. The number of benzene rings is 1. The van der Waals surface area contributed by atoms with Crippen LogP contribution in [0.25, 0.3) is 0 Å². The van der Waals surface area contributed by atoms with Gasteiger partial charge in [0.15, 0.2) is 0 Å². The summed E-state index contributed by atoms with van der Waals surface area (Å²) in [5.74, 6) is -0.0531. The van der Waals surface area contributed by atoms with Crippen molar-refractivity contribution in [1.29, 1.82) is 0 Å². The van der Waals surface area contributed by atoms with Gasteiger partial charge in [-0.1, -0.05) is 42.3 Å². The van der Waals surface area contributed by atoms with Gasteiger partial charge in [-0.15, -0.1) is 0 Å². The molecule has 5 nitrogen and oxygen atoms in total. The van der Waals surface area contributed by atoms with Crippen molar-refractivity contribution in [3.05, 3.63) is 28.7 Å². The number of nitrogens with one attached hydrogen (secondary N) is 1. The van der Waals surface area contributed by atoms with Gasteiger partial charge in [0, 0.05) is 4.47 Å². The molecule has 1 aromatic rings. The fraction of sp³-hybridized carbons (Fsp3) is 0.467. The first-order chi connectivity index (χ1) is 9.93. The van der Waals surface area contributed by atoms with Gasteiger partial charge in [0.25, 0.3) is 0 Å². The predicted molar refractivity (Wildman–Crippen MR) is 84.8 cm³/mol. The van der Waals surface area contributed by atoms with Crippen molar-refractivity contribution in [2.45, 2.75) is 32.7 Å². The van der Waals surface area contributed by atoms with E-state index in [0.29, 0.717) is 5.75 Å². The Bertz CT molecular complexity index is 494. The van der Waals surface area contributed by atoms with Crippen LogP contribution in [-0.4, -0.2) is 24.5 Å². The van der Waals surface area contributed by atoms with Crippen molar-refractivity contribution >= 4 is 27.7 Å². The first kappa shape index (κ1) is 17.5. The minimum Gasteiger partial charge on any atom is -0.493 e. The van der Waals surface area contributed by atoms with E-state index in [0.717, 1.165) is 10.9 Å². The summed E-state index contributed by atoms with van der Waals surface area (Å²) in [7, 11) is 0. The second kappa shape index (κ2) is 8.67. The maximum atomic E-state index is 11.8. The number of halogens is 1. The lowest BCUT2D eigenvalue weighted by Gasteiger charge is -2.21. The summed E-state index contributed by atoms with van der Waals surface area (Å²) in [4.78, 5) is 23.2. The van der Waals surface area contributed by atoms with E-state index in [2.05, 4.69) is 21.2 Å². The predicted octanol–water partition coefficient (Wildman–Crippen LogP) is 2.23. The summed E-state index contributed by atoms with van der Waals surface area (Å²) in [5.41, 5.74) is 5.31. The minimum atomic E-state index is -0.631. The average molecular weight is 357 g/mol. The van der Waals surface area contributed by atoms with Crippen LogP contribution in [0.5, 0.6) is 5.75 Å². The Morgan fingerprint density at radius 1 is 1.43 bits per heavy atom. The Hall–Kier alpha value is -1.56. The van der Waals surface area contributed by atoms with Crippen LogP contribution in [0.4, 0.5) is 0 Å². The smallest absolute Gasteiger partial charge is 0.240 e. The molecule has 2 amide bonds. The molecule has 0 radical (unpaired) electrons. The molecule has 0 saturated heterocycles. The van der Waals surface area contributed by atoms with Crippen molar-refractivity contribution in [3.63, 3.8) is 0 Å². The van der Waals surface area contributed by atoms with Crippen molar-refractivity contribution < 1.29 is 14.3 Å². The first-order valence-corrected chi connectivity index (χ1v) is 7.70. The number of hydrogen-bond donors (Lipinski definition) is 2. The molecule has 0 aromatic heterocycles. The van der Waals surface area contributed by atoms with E-state index in [1.807, 2.05) is 38.1 Å². The Morgan fingerprint density at radius 3 is 2.71 bits per heavy atom. The molecule has 21 heavy (non-hydrogen) atoms. The van der Waals surface area contributed by atoms with E-state index >= 15 is 0 Å². The molecule has 3 N–H and O–H groups in total. The van der Waals surface area contributed by atoms with Gasteiger partial charge in [-0.3, -0.25) is 9.59 Å². The molecular weight excluding hydrogens is 336 g/mol. The quantitative estimate of drug-likeness (QED) is 0.749. The van der Waals surface area contributed by atoms with Gasteiger partial charge < -0.3 is 15.8 Å². The molecule has 2 atom stereocenters. The van der Waals surface area contributed by atoms with Crippen LogP contribution in [0, 0.1) is 5.92 Å². The van der Waals surface area contributed by atoms with Gasteiger partial charge in [0.05, 0.1) is 13.0 Å². The van der Waals surface area contributed by atoms with Crippen LogP contribution in [0.15, 0.2) is 28.7 Å². The molecule has 0 spiro atoms. The molecule has 6 heteroatoms. The zero-order valence-electron chi connectivity index (χ0n) is 12.3. The number of nitrogens with two attached hydrogens (primary N) is 1. The van der Waals surface area contributed by atoms with Crippen LogP contribution >= 0.6 is 15.9 Å². The number of rotatable bonds is 8. The van der Waals surface area contributed by atoms with Crippen LogP contribution in [0.2, 0.25) is 0 Å². The van der Waals surface area contributed by atoms with E-state index in [9.17, 15) is 9.59 Å². The van der Waals surface area contributed by atoms with Crippen LogP contribution in [-0.2, 0) is 9.59 Å². The van der Waals surface area contributed by atoms with Crippen LogP contribution in [0.3, 0.4) is 0 Å². The standard InChI is InChI=1S/C15H21BrN2O3/c1-3-10(2)14(15(17)20)18-13(19)7-8-21-12-6-4-5-11(16)9-12/h4-6,9-10,14H,3,7-8H2,1-2H3,(H2,17,20)(H,18,19). The van der Waals surface area contributed by atoms with Gasteiger partial charge in [-0.25, -0.2) is 0 Å². The summed E-state index contributed by atoms with van der Waals surface area (Å²) in [6, 6.07) is 6.75. The molecule has 1 aromatic carbocycles. The van der Waals surface area contributed by atoms with E-state index < -0.39 is 11.9 Å². The van der Waals surface area contributed by atoms with E-state index in [1.54, 1.807) is 0 Å². The number of carbonyl (C=O) groups is 2. The molecule has 116 valence electrons. The lowest BCUT2D eigenvalue weighted by molar-refractivity contribution is -0.128. The van der Waals surface area contributed by atoms with Gasteiger partial charge in [-0.05, 0) is 24.1 Å². The van der Waals surface area contributed by atoms with Crippen molar-refractivity contribution in [1.82, 2.24) is 5.32 Å². The van der Waals surface area contributed by atoms with Crippen molar-refractivity contribution in [2.75, 3.05) is 6.61 Å². The van der Waals surface area contributed by atoms with E-state index in [1.165, 1.54) is 0 Å². The van der Waals surface area contributed by atoms with Gasteiger partial charge in [-0.2, -0.15) is 0 Å². The van der Waals surface area contributed by atoms with Gasteiger partial charge in [0.2, 0.25) is 11.8 Å². The van der Waals surface area contributed by atoms with Gasteiger partial charge in [0.1, 0.15) is 11.8 Å². The number of carbonyl (C=O) groups excluding carboxylic acids is 2. The summed E-state index contributed by atoms with van der Waals surface area (Å²) in [6.45, 7) is 4.07. The zero-order valence-corrected chi connectivity index (χ0v) is 13.9. The van der Waals surface area contributed by atoms with E-state index in [4.69, 9.17) is 10.5 Å². The topological polar surface area (TPSA) is 81.4 Å². The minimum absolute atomic E-state index is 0.0115. The highest BCUT2D eigenvalue weighted by atomic mass is 79.9. The van der Waals surface area contributed by atoms with E-state index in [-0.39, 0.29) is 24.9 Å². The Morgan fingerprint density at radius 2 is 2.14 bits per heavy atom. The van der Waals surface area contributed by atoms with Crippen molar-refractivity contribution in [3.8, 4) is 5.75 Å². The second-order valence-electron chi connectivity index (χ2n) is 4.89. The Balaban J connectivity index is 2.41. The van der Waals surface area contributed by atoms with Crippen molar-refractivity contribution in [2.24, 2.45) is 11.7 Å². The molecule has 2 unspecified atom stereocenters. The highest BCUT2D eigenvalue weighted by Gasteiger charge is 2.23. The lowest BCUT2D eigenvalue weighted by atomic mass is 9.98. The fourth-order valence-electron chi connectivity index (χ4n) is 1.79. The number of primary amides is 1. The Labute approximate surface area is 133 Å². The summed E-state index contributed by atoms with van der Waals surface area (Å²) < 4.78 is 6.39. The highest BCUT2D eigenvalue weighted by molar-refractivity contribution is 9.10. The maximum absolute atomic E-state index is 11.8. The largest absolute Gasteiger partial charge is 0.493 e. The SMILES string of the molecule is CCC(C)C(NC(=O)CCOc1cccc(Br)c1)C(N)=O. The third-order valence-corrected chi connectivity index (χ3v) is 3.72. The first-order valence-electron chi connectivity index (χ1n) is 6.91. The highest BCUT2D eigenvalue weighted by Crippen LogP contribution is 2.17. The molecule has 0 aliphatic heterocycles. The summed E-state index contributed by atoms with van der Waals surface area (Å²) in [6.07, 6.45) is 0.940. The van der Waals surface area contributed by atoms with Crippen LogP contribution < -0.4 is 15.8 Å². The molecule has 0 aliphatic carbocycles. The molecule has 1 rings (SSSR count). The average Bonchev–Trinajstić information content (AvgIpc) is 2.43. The summed E-state index contributed by atoms with van der Waals surface area (Å²) in [5, 5.41) is 2.66. The lowest BCUT2D eigenvalue weighted by Crippen LogP contribution is -2.48. The number of ether oxygens (including phenoxy) is 1. The molecule has 0 heterocycles. The Kier molecular flexibility index (Phi) is 7.22. The molecule has 0 fully saturated rings. The summed E-state index contributed by atoms with van der Waals surface area (Å²) >= 11 is 3.34. The number of hydrogen-bond acceptors (Lipinski definition) is 3. The van der Waals surface area contributed by atoms with Crippen LogP contribution in [0.1, 0.15) is 26.7 Å². The zero-order chi connectivity index (χ0) is 15.8. The second-order valence-corrected chi connectivity index (χ2v) is 5.80. The van der Waals surface area contributed by atoms with Gasteiger partial charge >= 0.3 is 0 Å². The molecule has 0 saturated carbocycles. The molecule has 0 aliphatic rings.